The van der Waals surface area contributed by atoms with Crippen LogP contribution < -0.4 is 11.1 Å². The van der Waals surface area contributed by atoms with E-state index in [1.807, 2.05) is 24.3 Å². The van der Waals surface area contributed by atoms with Crippen LogP contribution in [0.25, 0.3) is 11.0 Å². The van der Waals surface area contributed by atoms with E-state index in [9.17, 15) is 4.79 Å². The lowest BCUT2D eigenvalue weighted by atomic mass is 10.1. The number of hydrogen-bond acceptors (Lipinski definition) is 3. The topological polar surface area (TPSA) is 68.3 Å². The van der Waals surface area contributed by atoms with Crippen molar-refractivity contribution in [2.45, 2.75) is 32.2 Å². The van der Waals surface area contributed by atoms with Gasteiger partial charge >= 0.3 is 0 Å². The molecule has 0 fully saturated rings. The number of fused-ring (bicyclic) bond motifs is 1. The molecule has 110 valence electrons. The van der Waals surface area contributed by atoms with Crippen molar-refractivity contribution in [3.63, 3.8) is 0 Å². The van der Waals surface area contributed by atoms with Gasteiger partial charge in [0.2, 0.25) is 0 Å². The van der Waals surface area contributed by atoms with Crippen LogP contribution >= 0.6 is 12.4 Å². The molecular weight excluding hydrogens is 276 g/mol. The number of para-hydroxylation sites is 1. The number of carbonyl (C=O) groups is 1. The van der Waals surface area contributed by atoms with Gasteiger partial charge in [0.25, 0.3) is 5.91 Å². The van der Waals surface area contributed by atoms with E-state index in [2.05, 4.69) is 12.2 Å². The lowest BCUT2D eigenvalue weighted by Gasteiger charge is -2.15. The van der Waals surface area contributed by atoms with Crippen molar-refractivity contribution in [2.75, 3.05) is 6.54 Å². The van der Waals surface area contributed by atoms with E-state index in [1.54, 1.807) is 0 Å². The summed E-state index contributed by atoms with van der Waals surface area (Å²) in [5.41, 5.74) is 6.99. The largest absolute Gasteiger partial charge is 0.463 e. The predicted molar refractivity (Wildman–Crippen MR) is 83.3 cm³/mol. The molecule has 20 heavy (non-hydrogen) atoms. The Morgan fingerprint density at radius 3 is 2.85 bits per heavy atom. The van der Waals surface area contributed by atoms with Crippen molar-refractivity contribution in [2.24, 2.45) is 5.73 Å². The number of nitrogens with one attached hydrogen (secondary N) is 1. The van der Waals surface area contributed by atoms with Crippen LogP contribution in [0.5, 0.6) is 0 Å². The molecule has 1 aromatic carbocycles. The third kappa shape index (κ3) is 3.74. The molecule has 3 N–H and O–H groups in total. The van der Waals surface area contributed by atoms with Gasteiger partial charge in [0.05, 0.1) is 5.56 Å². The minimum Gasteiger partial charge on any atom is -0.463 e. The van der Waals surface area contributed by atoms with Gasteiger partial charge in [-0.3, -0.25) is 4.79 Å². The monoisotopic (exact) mass is 296 g/mol. The highest BCUT2D eigenvalue weighted by Crippen LogP contribution is 2.20. The molecule has 5 heteroatoms. The Morgan fingerprint density at radius 2 is 2.15 bits per heavy atom. The summed E-state index contributed by atoms with van der Waals surface area (Å²) in [6.45, 7) is 2.58. The Hall–Kier alpha value is -1.52. The normalized spacial score (nSPS) is 11.9. The standard InChI is InChI=1S/C15H20N2O2.ClH/c1-2-3-6-11(9-16)17-15(18)13-10-19-14-8-5-4-7-12(13)14;/h4-5,7-8,10-11H,2-3,6,9,16H2,1H3,(H,17,18);1H. The number of benzene rings is 1. The molecule has 0 spiro atoms. The van der Waals surface area contributed by atoms with E-state index in [4.69, 9.17) is 10.2 Å². The number of rotatable bonds is 6. The van der Waals surface area contributed by atoms with E-state index in [0.717, 1.165) is 30.2 Å². The first-order valence-corrected chi connectivity index (χ1v) is 6.73. The van der Waals surface area contributed by atoms with Crippen LogP contribution in [-0.2, 0) is 0 Å². The molecule has 0 aliphatic heterocycles. The SMILES string of the molecule is CCCCC(CN)NC(=O)c1coc2ccccc12.Cl. The molecule has 0 saturated carbocycles. The summed E-state index contributed by atoms with van der Waals surface area (Å²) >= 11 is 0. The molecule has 4 nitrogen and oxygen atoms in total. The number of furan rings is 1. The van der Waals surface area contributed by atoms with E-state index >= 15 is 0 Å². The molecule has 0 radical (unpaired) electrons. The molecule has 2 rings (SSSR count). The number of amides is 1. The minimum atomic E-state index is -0.114. The molecule has 0 bridgehead atoms. The highest BCUT2D eigenvalue weighted by molar-refractivity contribution is 6.05. The first-order valence-electron chi connectivity index (χ1n) is 6.73. The number of halogens is 1. The highest BCUT2D eigenvalue weighted by atomic mass is 35.5. The van der Waals surface area contributed by atoms with Crippen LogP contribution in [0.1, 0.15) is 36.5 Å². The van der Waals surface area contributed by atoms with Gasteiger partial charge in [0, 0.05) is 18.0 Å². The molecule has 0 aliphatic rings. The zero-order valence-electron chi connectivity index (χ0n) is 11.6. The fraction of sp³-hybridized carbons (Fsp3) is 0.400. The molecular formula is C15H21ClN2O2. The maximum absolute atomic E-state index is 12.2. The Balaban J connectivity index is 0.00000200. The van der Waals surface area contributed by atoms with Crippen molar-refractivity contribution in [3.8, 4) is 0 Å². The number of hydrogen-bond donors (Lipinski definition) is 2. The molecule has 1 amide bonds. The average molecular weight is 297 g/mol. The Morgan fingerprint density at radius 1 is 1.40 bits per heavy atom. The average Bonchev–Trinajstić information content (AvgIpc) is 2.87. The summed E-state index contributed by atoms with van der Waals surface area (Å²) in [6, 6.07) is 7.55. The van der Waals surface area contributed by atoms with E-state index < -0.39 is 0 Å². The lowest BCUT2D eigenvalue weighted by Crippen LogP contribution is -2.40. The second-order valence-electron chi connectivity index (χ2n) is 4.69. The smallest absolute Gasteiger partial charge is 0.255 e. The van der Waals surface area contributed by atoms with Crippen LogP contribution in [0.15, 0.2) is 34.9 Å². The molecule has 1 atom stereocenters. The van der Waals surface area contributed by atoms with E-state index in [0.29, 0.717) is 12.1 Å². The maximum atomic E-state index is 12.2. The van der Waals surface area contributed by atoms with Crippen LogP contribution in [0.2, 0.25) is 0 Å². The first kappa shape index (κ1) is 16.5. The molecule has 1 aromatic heterocycles. The third-order valence-electron chi connectivity index (χ3n) is 3.25. The second kappa shape index (κ2) is 7.92. The fourth-order valence-electron chi connectivity index (χ4n) is 2.12. The minimum absolute atomic E-state index is 0. The van der Waals surface area contributed by atoms with Gasteiger partial charge in [-0.05, 0) is 12.5 Å². The number of unbranched alkanes of at least 4 members (excludes halogenated alkanes) is 1. The van der Waals surface area contributed by atoms with Gasteiger partial charge in [-0.1, -0.05) is 38.0 Å². The van der Waals surface area contributed by atoms with Gasteiger partial charge in [-0.2, -0.15) is 0 Å². The molecule has 2 aromatic rings. The van der Waals surface area contributed by atoms with Gasteiger partial charge in [-0.25, -0.2) is 0 Å². The summed E-state index contributed by atoms with van der Waals surface area (Å²) in [7, 11) is 0. The Kier molecular flexibility index (Phi) is 6.55. The van der Waals surface area contributed by atoms with Crippen molar-refractivity contribution < 1.29 is 9.21 Å². The lowest BCUT2D eigenvalue weighted by molar-refractivity contribution is 0.0936. The summed E-state index contributed by atoms with van der Waals surface area (Å²) in [5, 5.41) is 3.81. The van der Waals surface area contributed by atoms with Gasteiger partial charge in [0.1, 0.15) is 11.8 Å². The third-order valence-corrected chi connectivity index (χ3v) is 3.25. The summed E-state index contributed by atoms with van der Waals surface area (Å²) < 4.78 is 5.37. The molecule has 1 unspecified atom stereocenters. The molecule has 1 heterocycles. The highest BCUT2D eigenvalue weighted by Gasteiger charge is 2.16. The summed E-state index contributed by atoms with van der Waals surface area (Å²) in [5.74, 6) is -0.114. The van der Waals surface area contributed by atoms with Crippen LogP contribution in [0, 0.1) is 0 Å². The number of nitrogens with two attached hydrogens (primary N) is 1. The maximum Gasteiger partial charge on any atom is 0.255 e. The van der Waals surface area contributed by atoms with Crippen molar-refractivity contribution >= 4 is 29.3 Å². The quantitative estimate of drug-likeness (QED) is 0.860. The van der Waals surface area contributed by atoms with Crippen LogP contribution in [-0.4, -0.2) is 18.5 Å². The Bertz CT molecular complexity index is 554. The number of carbonyl (C=O) groups excluding carboxylic acids is 1. The van der Waals surface area contributed by atoms with Gasteiger partial charge in [-0.15, -0.1) is 12.4 Å². The predicted octanol–water partition coefficient (Wildman–Crippen LogP) is 3.10. The zero-order chi connectivity index (χ0) is 13.7. The van der Waals surface area contributed by atoms with Crippen LogP contribution in [0.4, 0.5) is 0 Å². The summed E-state index contributed by atoms with van der Waals surface area (Å²) in [4.78, 5) is 12.2. The van der Waals surface area contributed by atoms with Crippen molar-refractivity contribution in [3.05, 3.63) is 36.1 Å². The molecule has 0 aliphatic carbocycles. The van der Waals surface area contributed by atoms with Gasteiger partial charge < -0.3 is 15.5 Å². The fourth-order valence-corrected chi connectivity index (χ4v) is 2.12. The van der Waals surface area contributed by atoms with E-state index in [1.165, 1.54) is 6.26 Å². The van der Waals surface area contributed by atoms with Crippen LogP contribution in [0.3, 0.4) is 0 Å². The first-order chi connectivity index (χ1) is 9.26. The van der Waals surface area contributed by atoms with Crippen molar-refractivity contribution in [1.29, 1.82) is 0 Å². The van der Waals surface area contributed by atoms with Gasteiger partial charge in [0.15, 0.2) is 0 Å². The molecule has 0 saturated heterocycles. The summed E-state index contributed by atoms with van der Waals surface area (Å²) in [6.07, 6.45) is 4.58. The Labute approximate surface area is 125 Å². The second-order valence-corrected chi connectivity index (χ2v) is 4.69. The van der Waals surface area contributed by atoms with E-state index in [-0.39, 0.29) is 24.4 Å². The zero-order valence-corrected chi connectivity index (χ0v) is 12.4. The van der Waals surface area contributed by atoms with Crippen molar-refractivity contribution in [1.82, 2.24) is 5.32 Å².